The minimum Gasteiger partial charge on any atom is -0.395 e. The Balaban J connectivity index is 4.15. The van der Waals surface area contributed by atoms with Crippen molar-refractivity contribution in [1.29, 1.82) is 0 Å². The zero-order valence-electron chi connectivity index (χ0n) is 10.5. The highest BCUT2D eigenvalue weighted by atomic mass is 16.3. The highest BCUT2D eigenvalue weighted by Crippen LogP contribution is 2.01. The number of aliphatic hydroxyl groups excluding tert-OH is 1. The Kier molecular flexibility index (Phi) is 5.83. The molecule has 0 aromatic rings. The minimum atomic E-state index is -0.0580. The van der Waals surface area contributed by atoms with Crippen molar-refractivity contribution in [2.75, 3.05) is 19.7 Å². The molecule has 0 rings (SSSR count). The SMILES string of the molecule is CC(C)N(CCO)C(=O)CNC(C)(C)C. The Morgan fingerprint density at radius 1 is 1.40 bits per heavy atom. The van der Waals surface area contributed by atoms with E-state index in [4.69, 9.17) is 5.11 Å². The second kappa shape index (κ2) is 6.08. The summed E-state index contributed by atoms with van der Waals surface area (Å²) in [4.78, 5) is 13.5. The first-order valence-corrected chi connectivity index (χ1v) is 5.43. The lowest BCUT2D eigenvalue weighted by Crippen LogP contribution is -2.47. The number of hydrogen-bond donors (Lipinski definition) is 2. The summed E-state index contributed by atoms with van der Waals surface area (Å²) in [5.41, 5.74) is -0.0580. The van der Waals surface area contributed by atoms with Gasteiger partial charge in [-0.3, -0.25) is 4.79 Å². The lowest BCUT2D eigenvalue weighted by atomic mass is 10.1. The van der Waals surface area contributed by atoms with Crippen molar-refractivity contribution in [2.24, 2.45) is 0 Å². The van der Waals surface area contributed by atoms with E-state index in [1.165, 1.54) is 0 Å². The summed E-state index contributed by atoms with van der Waals surface area (Å²) < 4.78 is 0. The van der Waals surface area contributed by atoms with Crippen LogP contribution in [0.25, 0.3) is 0 Å². The van der Waals surface area contributed by atoms with Gasteiger partial charge in [0, 0.05) is 18.1 Å². The number of nitrogens with zero attached hydrogens (tertiary/aromatic N) is 1. The average molecular weight is 216 g/mol. The van der Waals surface area contributed by atoms with Crippen molar-refractivity contribution in [2.45, 2.75) is 46.2 Å². The molecule has 0 saturated heterocycles. The van der Waals surface area contributed by atoms with Crippen molar-refractivity contribution in [3.05, 3.63) is 0 Å². The second-order valence-electron chi connectivity index (χ2n) is 5.01. The van der Waals surface area contributed by atoms with Crippen molar-refractivity contribution in [1.82, 2.24) is 10.2 Å². The molecule has 0 aliphatic heterocycles. The summed E-state index contributed by atoms with van der Waals surface area (Å²) in [6.07, 6.45) is 0. The topological polar surface area (TPSA) is 52.6 Å². The van der Waals surface area contributed by atoms with Gasteiger partial charge in [-0.15, -0.1) is 0 Å². The predicted octanol–water partition coefficient (Wildman–Crippen LogP) is 0.604. The fraction of sp³-hybridized carbons (Fsp3) is 0.909. The van der Waals surface area contributed by atoms with E-state index < -0.39 is 0 Å². The van der Waals surface area contributed by atoms with Gasteiger partial charge in [0.05, 0.1) is 13.2 Å². The van der Waals surface area contributed by atoms with E-state index in [0.29, 0.717) is 13.1 Å². The van der Waals surface area contributed by atoms with E-state index in [0.717, 1.165) is 0 Å². The fourth-order valence-electron chi connectivity index (χ4n) is 1.22. The largest absolute Gasteiger partial charge is 0.395 e. The van der Waals surface area contributed by atoms with Gasteiger partial charge < -0.3 is 15.3 Å². The standard InChI is InChI=1S/C11H24N2O2/c1-9(2)13(6-7-14)10(15)8-12-11(3,4)5/h9,12,14H,6-8H2,1-5H3. The Hall–Kier alpha value is -0.610. The zero-order valence-corrected chi connectivity index (χ0v) is 10.5. The lowest BCUT2D eigenvalue weighted by molar-refractivity contribution is -0.132. The molecular weight excluding hydrogens is 192 g/mol. The number of amides is 1. The normalized spacial score (nSPS) is 11.9. The molecule has 90 valence electrons. The van der Waals surface area contributed by atoms with Crippen molar-refractivity contribution < 1.29 is 9.90 Å². The van der Waals surface area contributed by atoms with Crippen LogP contribution in [0.15, 0.2) is 0 Å². The number of carbonyl (C=O) groups excluding carboxylic acids is 1. The molecule has 0 aromatic carbocycles. The highest BCUT2D eigenvalue weighted by Gasteiger charge is 2.18. The van der Waals surface area contributed by atoms with Gasteiger partial charge in [0.1, 0.15) is 0 Å². The van der Waals surface area contributed by atoms with Crippen LogP contribution in [-0.2, 0) is 4.79 Å². The number of rotatable bonds is 5. The van der Waals surface area contributed by atoms with Crippen molar-refractivity contribution in [3.8, 4) is 0 Å². The first-order chi connectivity index (χ1) is 6.78. The van der Waals surface area contributed by atoms with E-state index in [-0.39, 0.29) is 24.1 Å². The van der Waals surface area contributed by atoms with E-state index >= 15 is 0 Å². The van der Waals surface area contributed by atoms with Crippen LogP contribution in [-0.4, -0.2) is 47.2 Å². The molecule has 15 heavy (non-hydrogen) atoms. The van der Waals surface area contributed by atoms with Crippen LogP contribution in [0.4, 0.5) is 0 Å². The van der Waals surface area contributed by atoms with Crippen LogP contribution < -0.4 is 5.32 Å². The third kappa shape index (κ3) is 6.47. The molecule has 0 spiro atoms. The van der Waals surface area contributed by atoms with E-state index in [1.807, 2.05) is 34.6 Å². The van der Waals surface area contributed by atoms with Gasteiger partial charge in [-0.25, -0.2) is 0 Å². The summed E-state index contributed by atoms with van der Waals surface area (Å²) in [7, 11) is 0. The molecule has 0 atom stereocenters. The molecular formula is C11H24N2O2. The molecule has 0 radical (unpaired) electrons. The van der Waals surface area contributed by atoms with Gasteiger partial charge in [-0.2, -0.15) is 0 Å². The molecule has 0 aliphatic carbocycles. The first kappa shape index (κ1) is 14.4. The van der Waals surface area contributed by atoms with Crippen LogP contribution in [0.5, 0.6) is 0 Å². The maximum Gasteiger partial charge on any atom is 0.236 e. The maximum atomic E-state index is 11.8. The van der Waals surface area contributed by atoms with Crippen LogP contribution in [0, 0.1) is 0 Å². The van der Waals surface area contributed by atoms with Crippen LogP contribution in [0.2, 0.25) is 0 Å². The van der Waals surface area contributed by atoms with Gasteiger partial charge in [0.25, 0.3) is 0 Å². The Bertz CT molecular complexity index is 197. The summed E-state index contributed by atoms with van der Waals surface area (Å²) >= 11 is 0. The van der Waals surface area contributed by atoms with Crippen LogP contribution in [0.1, 0.15) is 34.6 Å². The molecule has 0 heterocycles. The molecule has 0 fully saturated rings. The Labute approximate surface area is 92.7 Å². The van der Waals surface area contributed by atoms with Gasteiger partial charge in [0.2, 0.25) is 5.91 Å². The minimum absolute atomic E-state index is 0.0133. The third-order valence-corrected chi connectivity index (χ3v) is 2.05. The highest BCUT2D eigenvalue weighted by molar-refractivity contribution is 5.78. The van der Waals surface area contributed by atoms with Gasteiger partial charge in [-0.1, -0.05) is 0 Å². The third-order valence-electron chi connectivity index (χ3n) is 2.05. The molecule has 0 aromatic heterocycles. The quantitative estimate of drug-likeness (QED) is 0.708. The molecule has 0 saturated carbocycles. The maximum absolute atomic E-state index is 11.8. The Morgan fingerprint density at radius 2 is 1.93 bits per heavy atom. The van der Waals surface area contributed by atoms with Gasteiger partial charge in [0.15, 0.2) is 0 Å². The average Bonchev–Trinajstić information content (AvgIpc) is 2.08. The first-order valence-electron chi connectivity index (χ1n) is 5.43. The molecule has 4 heteroatoms. The van der Waals surface area contributed by atoms with Gasteiger partial charge in [-0.05, 0) is 34.6 Å². The summed E-state index contributed by atoms with van der Waals surface area (Å²) in [6.45, 7) is 10.7. The summed E-state index contributed by atoms with van der Waals surface area (Å²) in [6, 6.07) is 0.131. The van der Waals surface area contributed by atoms with Crippen LogP contribution in [0.3, 0.4) is 0 Å². The summed E-state index contributed by atoms with van der Waals surface area (Å²) in [5, 5.41) is 12.0. The smallest absolute Gasteiger partial charge is 0.236 e. The van der Waals surface area contributed by atoms with Gasteiger partial charge >= 0.3 is 0 Å². The molecule has 1 amide bonds. The van der Waals surface area contributed by atoms with E-state index in [1.54, 1.807) is 4.90 Å². The molecule has 0 aliphatic rings. The van der Waals surface area contributed by atoms with E-state index in [9.17, 15) is 4.79 Å². The second-order valence-corrected chi connectivity index (χ2v) is 5.01. The number of hydrogen-bond acceptors (Lipinski definition) is 3. The molecule has 2 N–H and O–H groups in total. The lowest BCUT2D eigenvalue weighted by Gasteiger charge is -2.28. The van der Waals surface area contributed by atoms with Crippen LogP contribution >= 0.6 is 0 Å². The van der Waals surface area contributed by atoms with E-state index in [2.05, 4.69) is 5.32 Å². The number of carbonyl (C=O) groups is 1. The molecule has 4 nitrogen and oxygen atoms in total. The number of aliphatic hydroxyl groups is 1. The number of nitrogens with one attached hydrogen (secondary N) is 1. The van der Waals surface area contributed by atoms with Crippen molar-refractivity contribution >= 4 is 5.91 Å². The predicted molar refractivity (Wildman–Crippen MR) is 61.7 cm³/mol. The van der Waals surface area contributed by atoms with Crippen molar-refractivity contribution in [3.63, 3.8) is 0 Å². The monoisotopic (exact) mass is 216 g/mol. The molecule has 0 unspecified atom stereocenters. The summed E-state index contributed by atoms with van der Waals surface area (Å²) in [5.74, 6) is 0.0361. The zero-order chi connectivity index (χ0) is 12.1. The Morgan fingerprint density at radius 3 is 2.27 bits per heavy atom. The fourth-order valence-corrected chi connectivity index (χ4v) is 1.22. The molecule has 0 bridgehead atoms.